The Morgan fingerprint density at radius 3 is 2.53 bits per heavy atom. The first-order chi connectivity index (χ1) is 8.16. The third-order valence-corrected chi connectivity index (χ3v) is 2.31. The zero-order valence-electron chi connectivity index (χ0n) is 9.12. The van der Waals surface area contributed by atoms with Crippen molar-refractivity contribution in [1.82, 2.24) is 0 Å². The van der Waals surface area contributed by atoms with Gasteiger partial charge in [-0.05, 0) is 6.07 Å². The SMILES string of the molecule is Nc1cc2c(cc1COCC(F)F)OCCO2. The molecule has 0 unspecified atom stereocenters. The molecule has 0 aliphatic carbocycles. The van der Waals surface area contributed by atoms with Gasteiger partial charge in [-0.2, -0.15) is 0 Å². The van der Waals surface area contributed by atoms with E-state index in [0.717, 1.165) is 0 Å². The molecule has 17 heavy (non-hydrogen) atoms. The molecule has 2 rings (SSSR count). The summed E-state index contributed by atoms with van der Waals surface area (Å²) in [4.78, 5) is 0. The topological polar surface area (TPSA) is 53.7 Å². The van der Waals surface area contributed by atoms with E-state index in [1.807, 2.05) is 0 Å². The van der Waals surface area contributed by atoms with Crippen LogP contribution in [0.5, 0.6) is 11.5 Å². The smallest absolute Gasteiger partial charge is 0.261 e. The highest BCUT2D eigenvalue weighted by Gasteiger charge is 2.15. The first-order valence-corrected chi connectivity index (χ1v) is 5.20. The number of fused-ring (bicyclic) bond motifs is 1. The summed E-state index contributed by atoms with van der Waals surface area (Å²) in [5.41, 5.74) is 6.83. The Kier molecular flexibility index (Phi) is 3.63. The number of hydrogen-bond acceptors (Lipinski definition) is 4. The van der Waals surface area contributed by atoms with Gasteiger partial charge in [0.2, 0.25) is 0 Å². The molecular weight excluding hydrogens is 232 g/mol. The van der Waals surface area contributed by atoms with Gasteiger partial charge >= 0.3 is 0 Å². The first-order valence-electron chi connectivity index (χ1n) is 5.20. The maximum Gasteiger partial charge on any atom is 0.261 e. The quantitative estimate of drug-likeness (QED) is 0.822. The van der Waals surface area contributed by atoms with Crippen LogP contribution in [-0.2, 0) is 11.3 Å². The molecule has 1 aliphatic rings. The fraction of sp³-hybridized carbons (Fsp3) is 0.455. The summed E-state index contributed by atoms with van der Waals surface area (Å²) in [6.07, 6.45) is -2.48. The third kappa shape index (κ3) is 2.97. The van der Waals surface area contributed by atoms with Crippen LogP contribution in [0.1, 0.15) is 5.56 Å². The van der Waals surface area contributed by atoms with E-state index in [-0.39, 0.29) is 6.61 Å². The van der Waals surface area contributed by atoms with E-state index in [2.05, 4.69) is 0 Å². The lowest BCUT2D eigenvalue weighted by Gasteiger charge is -2.20. The van der Waals surface area contributed by atoms with Crippen LogP contribution in [0, 0.1) is 0 Å². The van der Waals surface area contributed by atoms with E-state index in [1.165, 1.54) is 0 Å². The Balaban J connectivity index is 2.06. The molecule has 6 heteroatoms. The predicted octanol–water partition coefficient (Wildman–Crippen LogP) is 1.82. The molecular formula is C11H13F2NO3. The maximum absolute atomic E-state index is 11.9. The number of benzene rings is 1. The van der Waals surface area contributed by atoms with E-state index >= 15 is 0 Å². The number of nitrogens with two attached hydrogens (primary N) is 1. The molecule has 0 amide bonds. The summed E-state index contributed by atoms with van der Waals surface area (Å²) >= 11 is 0. The lowest BCUT2D eigenvalue weighted by Crippen LogP contribution is -2.16. The van der Waals surface area contributed by atoms with Gasteiger partial charge in [0.25, 0.3) is 6.43 Å². The van der Waals surface area contributed by atoms with Crippen molar-refractivity contribution < 1.29 is 23.0 Å². The predicted molar refractivity (Wildman–Crippen MR) is 57.5 cm³/mol. The maximum atomic E-state index is 11.9. The number of alkyl halides is 2. The number of anilines is 1. The molecule has 0 saturated heterocycles. The van der Waals surface area contributed by atoms with Crippen molar-refractivity contribution in [1.29, 1.82) is 0 Å². The Morgan fingerprint density at radius 1 is 1.24 bits per heavy atom. The summed E-state index contributed by atoms with van der Waals surface area (Å²) < 4.78 is 39.3. The van der Waals surface area contributed by atoms with Crippen molar-refractivity contribution in [3.05, 3.63) is 17.7 Å². The van der Waals surface area contributed by atoms with E-state index in [4.69, 9.17) is 19.9 Å². The molecule has 0 bridgehead atoms. The van der Waals surface area contributed by atoms with Crippen LogP contribution >= 0.6 is 0 Å². The molecule has 94 valence electrons. The van der Waals surface area contributed by atoms with Crippen LogP contribution in [0.3, 0.4) is 0 Å². The third-order valence-electron chi connectivity index (χ3n) is 2.31. The van der Waals surface area contributed by atoms with Gasteiger partial charge in [-0.15, -0.1) is 0 Å². The number of hydrogen-bond donors (Lipinski definition) is 1. The number of nitrogen functional groups attached to an aromatic ring is 1. The molecule has 0 atom stereocenters. The summed E-state index contributed by atoms with van der Waals surface area (Å²) in [6.45, 7) is 0.378. The van der Waals surface area contributed by atoms with Crippen molar-refractivity contribution in [3.63, 3.8) is 0 Å². The van der Waals surface area contributed by atoms with Crippen molar-refractivity contribution in [2.24, 2.45) is 0 Å². The largest absolute Gasteiger partial charge is 0.486 e. The van der Waals surface area contributed by atoms with Crippen LogP contribution in [0.4, 0.5) is 14.5 Å². The summed E-state index contributed by atoms with van der Waals surface area (Å²) in [5, 5.41) is 0. The van der Waals surface area contributed by atoms with Crippen LogP contribution < -0.4 is 15.2 Å². The standard InChI is InChI=1S/C11H13F2NO3/c12-11(13)6-15-5-7-3-9-10(4-8(7)14)17-2-1-16-9/h3-4,11H,1-2,5-6,14H2. The van der Waals surface area contributed by atoms with E-state index < -0.39 is 13.0 Å². The summed E-state index contributed by atoms with van der Waals surface area (Å²) in [5.74, 6) is 1.15. The Hall–Kier alpha value is -1.56. The lowest BCUT2D eigenvalue weighted by atomic mass is 10.1. The average Bonchev–Trinajstić information content (AvgIpc) is 2.29. The molecule has 1 aromatic rings. The molecule has 1 aliphatic heterocycles. The zero-order valence-corrected chi connectivity index (χ0v) is 9.12. The average molecular weight is 245 g/mol. The van der Waals surface area contributed by atoms with Gasteiger partial charge in [-0.3, -0.25) is 0 Å². The second kappa shape index (κ2) is 5.18. The number of ether oxygens (including phenoxy) is 3. The fourth-order valence-corrected chi connectivity index (χ4v) is 1.53. The summed E-state index contributed by atoms with van der Waals surface area (Å²) in [6, 6.07) is 3.28. The van der Waals surface area contributed by atoms with E-state index in [1.54, 1.807) is 12.1 Å². The highest BCUT2D eigenvalue weighted by atomic mass is 19.3. The number of rotatable bonds is 4. The van der Waals surface area contributed by atoms with Crippen LogP contribution in [0.15, 0.2) is 12.1 Å². The Morgan fingerprint density at radius 2 is 1.88 bits per heavy atom. The first kappa shape index (κ1) is 11.9. The van der Waals surface area contributed by atoms with Gasteiger partial charge in [0.1, 0.15) is 19.8 Å². The fourth-order valence-electron chi connectivity index (χ4n) is 1.53. The zero-order chi connectivity index (χ0) is 12.3. The normalized spacial score (nSPS) is 14.1. The van der Waals surface area contributed by atoms with Crippen molar-refractivity contribution in [2.75, 3.05) is 25.6 Å². The molecule has 1 aromatic carbocycles. The van der Waals surface area contributed by atoms with Crippen molar-refractivity contribution >= 4 is 5.69 Å². The summed E-state index contributed by atoms with van der Waals surface area (Å²) in [7, 11) is 0. The Bertz CT molecular complexity index is 399. The van der Waals surface area contributed by atoms with Crippen molar-refractivity contribution in [2.45, 2.75) is 13.0 Å². The van der Waals surface area contributed by atoms with Gasteiger partial charge in [0, 0.05) is 17.3 Å². The van der Waals surface area contributed by atoms with Crippen LogP contribution in [0.2, 0.25) is 0 Å². The van der Waals surface area contributed by atoms with Gasteiger partial charge in [-0.25, -0.2) is 8.78 Å². The van der Waals surface area contributed by atoms with Crippen LogP contribution in [0.25, 0.3) is 0 Å². The van der Waals surface area contributed by atoms with Gasteiger partial charge in [0.05, 0.1) is 6.61 Å². The molecule has 0 saturated carbocycles. The minimum absolute atomic E-state index is 0.0345. The van der Waals surface area contributed by atoms with Gasteiger partial charge < -0.3 is 19.9 Å². The lowest BCUT2D eigenvalue weighted by molar-refractivity contribution is 0.00995. The molecule has 4 nitrogen and oxygen atoms in total. The van der Waals surface area contributed by atoms with Gasteiger partial charge in [0.15, 0.2) is 11.5 Å². The molecule has 1 heterocycles. The van der Waals surface area contributed by atoms with Crippen molar-refractivity contribution in [3.8, 4) is 11.5 Å². The van der Waals surface area contributed by atoms with Crippen LogP contribution in [-0.4, -0.2) is 26.2 Å². The second-order valence-corrected chi connectivity index (χ2v) is 3.60. The van der Waals surface area contributed by atoms with Gasteiger partial charge in [-0.1, -0.05) is 0 Å². The molecule has 0 radical (unpaired) electrons. The van der Waals surface area contributed by atoms with E-state index in [9.17, 15) is 8.78 Å². The minimum Gasteiger partial charge on any atom is -0.486 e. The molecule has 0 spiro atoms. The molecule has 2 N–H and O–H groups in total. The highest BCUT2D eigenvalue weighted by molar-refractivity contribution is 5.58. The molecule has 0 aromatic heterocycles. The number of halogens is 2. The highest BCUT2D eigenvalue weighted by Crippen LogP contribution is 2.34. The molecule has 0 fully saturated rings. The Labute approximate surface area is 97.3 Å². The monoisotopic (exact) mass is 245 g/mol. The minimum atomic E-state index is -2.48. The van der Waals surface area contributed by atoms with E-state index in [0.29, 0.717) is 36.0 Å². The second-order valence-electron chi connectivity index (χ2n) is 3.60.